The van der Waals surface area contributed by atoms with Crippen LogP contribution in [-0.2, 0) is 0 Å². The molecule has 0 unspecified atom stereocenters. The molecule has 2 aromatic rings. The zero-order valence-electron chi connectivity index (χ0n) is 15.2. The molecule has 1 aromatic heterocycles. The Morgan fingerprint density at radius 3 is 2.60 bits per heavy atom. The number of hydrogen-bond acceptors (Lipinski definition) is 4. The Labute approximate surface area is 149 Å². The third kappa shape index (κ3) is 4.16. The highest BCUT2D eigenvalue weighted by atomic mass is 16.1. The highest BCUT2D eigenvalue weighted by Crippen LogP contribution is 2.20. The van der Waals surface area contributed by atoms with Gasteiger partial charge >= 0.3 is 0 Å². The van der Waals surface area contributed by atoms with Gasteiger partial charge in [-0.3, -0.25) is 4.79 Å². The van der Waals surface area contributed by atoms with Gasteiger partial charge in [-0.05, 0) is 37.5 Å². The van der Waals surface area contributed by atoms with Crippen LogP contribution in [0.2, 0.25) is 0 Å². The van der Waals surface area contributed by atoms with Gasteiger partial charge in [0.25, 0.3) is 5.91 Å². The lowest BCUT2D eigenvalue weighted by molar-refractivity contribution is 0.0930. The number of rotatable bonds is 4. The number of hydrogen-bond donors (Lipinski definition) is 1. The van der Waals surface area contributed by atoms with Gasteiger partial charge in [-0.25, -0.2) is 9.97 Å². The van der Waals surface area contributed by atoms with Gasteiger partial charge < -0.3 is 10.2 Å². The van der Waals surface area contributed by atoms with Crippen LogP contribution in [0.1, 0.15) is 54.4 Å². The fraction of sp³-hybridized carbons (Fsp3) is 0.450. The molecule has 5 heteroatoms. The molecule has 2 heterocycles. The molecule has 1 aromatic carbocycles. The van der Waals surface area contributed by atoms with Crippen LogP contribution in [0.4, 0.5) is 5.82 Å². The standard InChI is InChI=1S/C20H26N4O/c1-14(2)19-21-11-8-18(23-19)24-12-9-16(10-13-24)22-20(25)17-7-5-4-6-15(17)3/h4-8,11,14,16H,9-10,12-13H2,1-3H3,(H,22,25). The van der Waals surface area contributed by atoms with Crippen molar-refractivity contribution in [1.29, 1.82) is 0 Å². The molecule has 1 saturated heterocycles. The molecule has 0 atom stereocenters. The van der Waals surface area contributed by atoms with Gasteiger partial charge in [-0.1, -0.05) is 32.0 Å². The summed E-state index contributed by atoms with van der Waals surface area (Å²) in [5.74, 6) is 2.22. The van der Waals surface area contributed by atoms with Gasteiger partial charge in [-0.2, -0.15) is 0 Å². The maximum Gasteiger partial charge on any atom is 0.251 e. The molecule has 1 amide bonds. The summed E-state index contributed by atoms with van der Waals surface area (Å²) >= 11 is 0. The number of nitrogens with zero attached hydrogens (tertiary/aromatic N) is 3. The average Bonchev–Trinajstić information content (AvgIpc) is 2.62. The topological polar surface area (TPSA) is 58.1 Å². The second kappa shape index (κ2) is 7.64. The number of anilines is 1. The van der Waals surface area contributed by atoms with Crippen molar-refractivity contribution in [1.82, 2.24) is 15.3 Å². The van der Waals surface area contributed by atoms with Crippen molar-refractivity contribution in [3.63, 3.8) is 0 Å². The molecule has 0 saturated carbocycles. The number of piperidine rings is 1. The zero-order valence-corrected chi connectivity index (χ0v) is 15.2. The Morgan fingerprint density at radius 1 is 1.20 bits per heavy atom. The van der Waals surface area contributed by atoms with Crippen molar-refractivity contribution >= 4 is 11.7 Å². The lowest BCUT2D eigenvalue weighted by atomic mass is 10.0. The van der Waals surface area contributed by atoms with Crippen LogP contribution in [0, 0.1) is 6.92 Å². The summed E-state index contributed by atoms with van der Waals surface area (Å²) in [5, 5.41) is 3.18. The number of aromatic nitrogens is 2. The van der Waals surface area contributed by atoms with E-state index in [2.05, 4.69) is 34.0 Å². The molecule has 0 bridgehead atoms. The summed E-state index contributed by atoms with van der Waals surface area (Å²) < 4.78 is 0. The van der Waals surface area contributed by atoms with Crippen LogP contribution in [0.3, 0.4) is 0 Å². The summed E-state index contributed by atoms with van der Waals surface area (Å²) in [6, 6.07) is 9.91. The lowest BCUT2D eigenvalue weighted by Crippen LogP contribution is -2.45. The van der Waals surface area contributed by atoms with Gasteiger partial charge in [0.15, 0.2) is 0 Å². The predicted octanol–water partition coefficient (Wildman–Crippen LogP) is 3.31. The van der Waals surface area contributed by atoms with E-state index in [0.717, 1.165) is 48.7 Å². The second-order valence-electron chi connectivity index (χ2n) is 6.98. The van der Waals surface area contributed by atoms with Crippen molar-refractivity contribution in [3.05, 3.63) is 53.5 Å². The Hall–Kier alpha value is -2.43. The molecule has 1 N–H and O–H groups in total. The third-order valence-corrected chi connectivity index (χ3v) is 4.72. The minimum absolute atomic E-state index is 0.0284. The SMILES string of the molecule is Cc1ccccc1C(=O)NC1CCN(c2ccnc(C(C)C)n2)CC1. The van der Waals surface area contributed by atoms with E-state index in [1.165, 1.54) is 0 Å². The normalized spacial score (nSPS) is 15.4. The van der Waals surface area contributed by atoms with Crippen LogP contribution in [0.15, 0.2) is 36.5 Å². The van der Waals surface area contributed by atoms with Gasteiger partial charge in [-0.15, -0.1) is 0 Å². The Bertz CT molecular complexity index is 736. The van der Waals surface area contributed by atoms with Crippen molar-refractivity contribution < 1.29 is 4.79 Å². The van der Waals surface area contributed by atoms with Crippen molar-refractivity contribution in [2.75, 3.05) is 18.0 Å². The van der Waals surface area contributed by atoms with Gasteiger partial charge in [0.1, 0.15) is 11.6 Å². The van der Waals surface area contributed by atoms with E-state index in [1.54, 1.807) is 0 Å². The maximum atomic E-state index is 12.5. The molecule has 0 spiro atoms. The van der Waals surface area contributed by atoms with Gasteiger partial charge in [0.2, 0.25) is 0 Å². The predicted molar refractivity (Wildman–Crippen MR) is 100 cm³/mol. The summed E-state index contributed by atoms with van der Waals surface area (Å²) in [7, 11) is 0. The van der Waals surface area contributed by atoms with E-state index < -0.39 is 0 Å². The Balaban J connectivity index is 1.58. The molecule has 25 heavy (non-hydrogen) atoms. The molecule has 0 radical (unpaired) electrons. The smallest absolute Gasteiger partial charge is 0.251 e. The van der Waals surface area contributed by atoms with Crippen LogP contribution in [0.5, 0.6) is 0 Å². The van der Waals surface area contributed by atoms with Crippen molar-refractivity contribution in [3.8, 4) is 0 Å². The van der Waals surface area contributed by atoms with Crippen LogP contribution < -0.4 is 10.2 Å². The average molecular weight is 338 g/mol. The molecule has 1 aliphatic rings. The number of amides is 1. The van der Waals surface area contributed by atoms with Crippen molar-refractivity contribution in [2.45, 2.75) is 45.6 Å². The number of carbonyl (C=O) groups is 1. The summed E-state index contributed by atoms with van der Waals surface area (Å²) in [5.41, 5.74) is 1.78. The van der Waals surface area contributed by atoms with Crippen LogP contribution in [0.25, 0.3) is 0 Å². The first-order valence-corrected chi connectivity index (χ1v) is 8.99. The molecular formula is C20H26N4O. The monoisotopic (exact) mass is 338 g/mol. The molecular weight excluding hydrogens is 312 g/mol. The Kier molecular flexibility index (Phi) is 5.31. The van der Waals surface area contributed by atoms with E-state index in [0.29, 0.717) is 5.92 Å². The summed E-state index contributed by atoms with van der Waals surface area (Å²) in [6.45, 7) is 7.97. The first-order valence-electron chi connectivity index (χ1n) is 8.99. The largest absolute Gasteiger partial charge is 0.356 e. The fourth-order valence-corrected chi connectivity index (χ4v) is 3.16. The zero-order chi connectivity index (χ0) is 17.8. The minimum Gasteiger partial charge on any atom is -0.356 e. The molecule has 132 valence electrons. The highest BCUT2D eigenvalue weighted by molar-refractivity contribution is 5.95. The third-order valence-electron chi connectivity index (χ3n) is 4.72. The lowest BCUT2D eigenvalue weighted by Gasteiger charge is -2.33. The fourth-order valence-electron chi connectivity index (χ4n) is 3.16. The van der Waals surface area contributed by atoms with E-state index in [4.69, 9.17) is 0 Å². The second-order valence-corrected chi connectivity index (χ2v) is 6.98. The molecule has 3 rings (SSSR count). The minimum atomic E-state index is 0.0284. The number of benzene rings is 1. The number of nitrogens with one attached hydrogen (secondary N) is 1. The van der Waals surface area contributed by atoms with Crippen molar-refractivity contribution in [2.24, 2.45) is 0 Å². The van der Waals surface area contributed by atoms with Crippen LogP contribution >= 0.6 is 0 Å². The first-order chi connectivity index (χ1) is 12.0. The summed E-state index contributed by atoms with van der Waals surface area (Å²) in [6.07, 6.45) is 3.70. The molecule has 0 aliphatic carbocycles. The van der Waals surface area contributed by atoms with Gasteiger partial charge in [0, 0.05) is 36.8 Å². The van der Waals surface area contributed by atoms with E-state index in [1.807, 2.05) is 43.5 Å². The van der Waals surface area contributed by atoms with Crippen LogP contribution in [-0.4, -0.2) is 35.0 Å². The van der Waals surface area contributed by atoms with Gasteiger partial charge in [0.05, 0.1) is 0 Å². The van der Waals surface area contributed by atoms with E-state index >= 15 is 0 Å². The number of carbonyl (C=O) groups excluding carboxylic acids is 1. The Morgan fingerprint density at radius 2 is 1.92 bits per heavy atom. The highest BCUT2D eigenvalue weighted by Gasteiger charge is 2.22. The summed E-state index contributed by atoms with van der Waals surface area (Å²) in [4.78, 5) is 23.7. The quantitative estimate of drug-likeness (QED) is 0.929. The van der Waals surface area contributed by atoms with E-state index in [9.17, 15) is 4.79 Å². The first kappa shape index (κ1) is 17.4. The number of aryl methyl sites for hydroxylation is 1. The maximum absolute atomic E-state index is 12.5. The molecule has 1 aliphatic heterocycles. The molecule has 1 fully saturated rings. The van der Waals surface area contributed by atoms with E-state index in [-0.39, 0.29) is 11.9 Å². The molecule has 5 nitrogen and oxygen atoms in total.